The third-order valence-electron chi connectivity index (χ3n) is 6.67. The lowest BCUT2D eigenvalue weighted by molar-refractivity contribution is -0.139. The third-order valence-corrected chi connectivity index (χ3v) is 8.18. The summed E-state index contributed by atoms with van der Waals surface area (Å²) in [6.45, 7) is 0.188. The summed E-state index contributed by atoms with van der Waals surface area (Å²) in [4.78, 5) is 36.6. The van der Waals surface area contributed by atoms with E-state index in [1.807, 2.05) is 5.38 Å². The highest BCUT2D eigenvalue weighted by atomic mass is 35.5. The van der Waals surface area contributed by atoms with Crippen LogP contribution in [0.2, 0.25) is 10.0 Å². The first-order valence-electron chi connectivity index (χ1n) is 11.9. The minimum Gasteiger partial charge on any atom is -0.387 e. The molecule has 0 aliphatic carbocycles. The molecule has 0 bridgehead atoms. The molecule has 2 aromatic heterocycles. The molecule has 1 unspecified atom stereocenters. The van der Waals surface area contributed by atoms with Crippen LogP contribution in [-0.4, -0.2) is 39.2 Å². The Morgan fingerprint density at radius 1 is 1.18 bits per heavy atom. The molecule has 14 heteroatoms. The summed E-state index contributed by atoms with van der Waals surface area (Å²) in [5.41, 5.74) is -0.343. The van der Waals surface area contributed by atoms with Crippen LogP contribution in [0.5, 0.6) is 0 Å². The van der Waals surface area contributed by atoms with Gasteiger partial charge in [-0.05, 0) is 31.0 Å². The van der Waals surface area contributed by atoms with Crippen LogP contribution < -0.4 is 5.56 Å². The molecule has 5 rings (SSSR count). The van der Waals surface area contributed by atoms with Crippen molar-refractivity contribution in [2.24, 2.45) is 5.16 Å². The van der Waals surface area contributed by atoms with E-state index in [4.69, 9.17) is 33.0 Å². The number of piperidine rings is 1. The molecule has 3 aromatic rings. The zero-order valence-electron chi connectivity index (χ0n) is 20.1. The summed E-state index contributed by atoms with van der Waals surface area (Å²) < 4.78 is 54.2. The van der Waals surface area contributed by atoms with Gasteiger partial charge in [-0.25, -0.2) is 9.37 Å². The van der Waals surface area contributed by atoms with E-state index in [0.717, 1.165) is 5.01 Å². The molecule has 206 valence electrons. The Morgan fingerprint density at radius 3 is 2.62 bits per heavy atom. The Kier molecular flexibility index (Phi) is 7.71. The predicted molar refractivity (Wildman–Crippen MR) is 138 cm³/mol. The van der Waals surface area contributed by atoms with E-state index in [1.165, 1.54) is 22.3 Å². The Bertz CT molecular complexity index is 1500. The number of alkyl halides is 3. The van der Waals surface area contributed by atoms with E-state index in [0.29, 0.717) is 71.2 Å². The maximum atomic E-state index is 14.3. The van der Waals surface area contributed by atoms with Gasteiger partial charge < -0.3 is 14.3 Å². The summed E-state index contributed by atoms with van der Waals surface area (Å²) in [5, 5.41) is 6.51. The highest BCUT2D eigenvalue weighted by Crippen LogP contribution is 2.35. The van der Waals surface area contributed by atoms with Crippen LogP contribution >= 0.6 is 34.5 Å². The smallest absolute Gasteiger partial charge is 0.387 e. The highest BCUT2D eigenvalue weighted by Gasteiger charge is 2.33. The number of likely N-dealkylation sites (tertiary alicyclic amines) is 1. The molecule has 1 aromatic carbocycles. The van der Waals surface area contributed by atoms with Crippen molar-refractivity contribution in [3.8, 4) is 0 Å². The first-order chi connectivity index (χ1) is 18.5. The van der Waals surface area contributed by atoms with Gasteiger partial charge in [-0.15, -0.1) is 11.3 Å². The van der Waals surface area contributed by atoms with Gasteiger partial charge in [0.15, 0.2) is 6.10 Å². The summed E-state index contributed by atoms with van der Waals surface area (Å²) in [7, 11) is 0. The van der Waals surface area contributed by atoms with Gasteiger partial charge in [0.05, 0.1) is 16.3 Å². The van der Waals surface area contributed by atoms with Crippen molar-refractivity contribution in [1.29, 1.82) is 0 Å². The molecule has 0 N–H and O–H groups in total. The number of hydrogen-bond donors (Lipinski definition) is 0. The maximum absolute atomic E-state index is 14.3. The van der Waals surface area contributed by atoms with Crippen LogP contribution in [0.25, 0.3) is 0 Å². The van der Waals surface area contributed by atoms with Crippen molar-refractivity contribution in [2.45, 2.75) is 44.0 Å². The number of thiazole rings is 1. The molecule has 1 amide bonds. The molecule has 0 radical (unpaired) electrons. The molecule has 4 heterocycles. The number of rotatable bonds is 5. The second-order valence-corrected chi connectivity index (χ2v) is 11.0. The van der Waals surface area contributed by atoms with Gasteiger partial charge in [0, 0.05) is 47.6 Å². The Labute approximate surface area is 233 Å². The predicted octanol–water partition coefficient (Wildman–Crippen LogP) is 6.04. The fraction of sp³-hybridized carbons (Fsp3) is 0.360. The lowest BCUT2D eigenvalue weighted by atomic mass is 9.97. The standard InChI is InChI=1S/C25H20Cl2F4N4O3S/c26-15-1-2-16(18(28)8-15)21-9-19(33-38-21)20-12-39-23(32-20)13-3-5-34(6-4-13)22(36)11-35-10-14(25(29,30)31)7-17(27)24(35)37/h1-2,7-8,10,12-13,21H,3-6,9,11H2. The van der Waals surface area contributed by atoms with Gasteiger partial charge in [0.25, 0.3) is 5.56 Å². The van der Waals surface area contributed by atoms with Gasteiger partial charge in [-0.3, -0.25) is 9.59 Å². The first-order valence-corrected chi connectivity index (χ1v) is 13.5. The fourth-order valence-electron chi connectivity index (χ4n) is 4.56. The summed E-state index contributed by atoms with van der Waals surface area (Å²) in [6.07, 6.45) is -3.12. The molecular weight excluding hydrogens is 583 g/mol. The van der Waals surface area contributed by atoms with Crippen molar-refractivity contribution in [1.82, 2.24) is 14.5 Å². The van der Waals surface area contributed by atoms with Crippen molar-refractivity contribution >= 4 is 46.2 Å². The molecule has 1 fully saturated rings. The van der Waals surface area contributed by atoms with Crippen molar-refractivity contribution in [2.75, 3.05) is 13.1 Å². The first kappa shape index (κ1) is 27.6. The number of aromatic nitrogens is 2. The quantitative estimate of drug-likeness (QED) is 0.334. The lowest BCUT2D eigenvalue weighted by Crippen LogP contribution is -2.41. The van der Waals surface area contributed by atoms with Crippen molar-refractivity contribution < 1.29 is 27.2 Å². The van der Waals surface area contributed by atoms with Gasteiger partial charge in [-0.1, -0.05) is 34.4 Å². The maximum Gasteiger partial charge on any atom is 0.417 e. The van der Waals surface area contributed by atoms with Gasteiger partial charge >= 0.3 is 6.18 Å². The van der Waals surface area contributed by atoms with Crippen LogP contribution in [0.3, 0.4) is 0 Å². The number of halogens is 6. The number of carbonyl (C=O) groups excluding carboxylic acids is 1. The van der Waals surface area contributed by atoms with Gasteiger partial charge in [-0.2, -0.15) is 13.2 Å². The minimum absolute atomic E-state index is 0.0750. The molecule has 1 atom stereocenters. The largest absolute Gasteiger partial charge is 0.417 e. The average molecular weight is 603 g/mol. The van der Waals surface area contributed by atoms with Crippen LogP contribution in [0.1, 0.15) is 53.1 Å². The average Bonchev–Trinajstić information content (AvgIpc) is 3.56. The summed E-state index contributed by atoms with van der Waals surface area (Å²) in [6, 6.07) is 4.94. The van der Waals surface area contributed by atoms with E-state index >= 15 is 0 Å². The molecule has 2 aliphatic rings. The normalized spacial score (nSPS) is 18.3. The molecule has 0 spiro atoms. The van der Waals surface area contributed by atoms with Crippen LogP contribution in [0.4, 0.5) is 17.6 Å². The molecule has 39 heavy (non-hydrogen) atoms. The third kappa shape index (κ3) is 5.97. The number of pyridine rings is 1. The Morgan fingerprint density at radius 2 is 1.92 bits per heavy atom. The molecule has 2 aliphatic heterocycles. The Balaban J connectivity index is 1.18. The number of nitrogens with zero attached hydrogens (tertiary/aromatic N) is 4. The SMILES string of the molecule is O=C(Cn1cc(C(F)(F)F)cc(Cl)c1=O)N1CCC(c2nc(C3=NOC(c4ccc(Cl)cc4F)C3)cs2)CC1. The highest BCUT2D eigenvalue weighted by molar-refractivity contribution is 7.10. The van der Waals surface area contributed by atoms with Crippen molar-refractivity contribution in [3.63, 3.8) is 0 Å². The van der Waals surface area contributed by atoms with Crippen LogP contribution in [0.15, 0.2) is 45.8 Å². The van der Waals surface area contributed by atoms with E-state index in [1.54, 1.807) is 12.1 Å². The summed E-state index contributed by atoms with van der Waals surface area (Å²) >= 11 is 13.0. The minimum atomic E-state index is -4.70. The van der Waals surface area contributed by atoms with E-state index in [2.05, 4.69) is 5.16 Å². The van der Waals surface area contributed by atoms with E-state index in [-0.39, 0.29) is 5.92 Å². The number of benzene rings is 1. The van der Waals surface area contributed by atoms with E-state index < -0.39 is 46.7 Å². The zero-order valence-corrected chi connectivity index (χ0v) is 22.4. The van der Waals surface area contributed by atoms with Gasteiger partial charge in [0.1, 0.15) is 23.1 Å². The molecule has 7 nitrogen and oxygen atoms in total. The number of amides is 1. The second-order valence-electron chi connectivity index (χ2n) is 9.24. The number of oxime groups is 1. The van der Waals surface area contributed by atoms with Gasteiger partial charge in [0.2, 0.25) is 5.91 Å². The molecular formula is C25H20Cl2F4N4O3S. The van der Waals surface area contributed by atoms with E-state index in [9.17, 15) is 27.2 Å². The summed E-state index contributed by atoms with van der Waals surface area (Å²) in [5.74, 6) is -0.861. The molecule has 1 saturated heterocycles. The van der Waals surface area contributed by atoms with Crippen LogP contribution in [0, 0.1) is 5.82 Å². The van der Waals surface area contributed by atoms with Crippen molar-refractivity contribution in [3.05, 3.63) is 83.9 Å². The Hall–Kier alpha value is -2.96. The fourth-order valence-corrected chi connectivity index (χ4v) is 5.94. The molecule has 0 saturated carbocycles. The topological polar surface area (TPSA) is 76.8 Å². The number of carbonyl (C=O) groups is 1. The van der Waals surface area contributed by atoms with Crippen LogP contribution in [-0.2, 0) is 22.4 Å². The zero-order chi connectivity index (χ0) is 27.9. The lowest BCUT2D eigenvalue weighted by Gasteiger charge is -2.31. The number of hydrogen-bond acceptors (Lipinski definition) is 6. The monoisotopic (exact) mass is 602 g/mol. The second kappa shape index (κ2) is 10.9.